The highest BCUT2D eigenvalue weighted by molar-refractivity contribution is 6.10. The third kappa shape index (κ3) is 4.72. The molecule has 7 aromatic carbocycles. The fraction of sp³-hybridized carbons (Fsp3) is 0.0625. The van der Waals surface area contributed by atoms with E-state index in [1.807, 2.05) is 6.07 Å². The van der Waals surface area contributed by atoms with Crippen molar-refractivity contribution < 1.29 is 0 Å². The van der Waals surface area contributed by atoms with E-state index in [1.165, 1.54) is 33.2 Å². The van der Waals surface area contributed by atoms with Gasteiger partial charge in [-0.3, -0.25) is 0 Å². The van der Waals surface area contributed by atoms with Crippen molar-refractivity contribution in [2.75, 3.05) is 0 Å². The molecule has 10 rings (SSSR count). The maximum atomic E-state index is 5.29. The molecule has 0 spiro atoms. The molecule has 4 heteroatoms. The summed E-state index contributed by atoms with van der Waals surface area (Å²) in [7, 11) is 0. The number of nitrogens with zero attached hydrogens (tertiary/aromatic N) is 4. The van der Waals surface area contributed by atoms with Gasteiger partial charge in [0.1, 0.15) is 0 Å². The standard InChI is InChI=1S/C48H34N4/c1-48(2)40-21-11-9-19-37(40)44-38(20-13-22-41(44)48)47-50-45(33-26-24-32(25-27-33)31-14-5-3-6-15-31)49-46(51-47)34-28-29-43-39(30-34)36-18-10-12-23-42(36)52(43)35-16-7-4-8-17-35/h3-30H,1-2H3. The van der Waals surface area contributed by atoms with Crippen LogP contribution in [-0.4, -0.2) is 19.5 Å². The molecule has 0 amide bonds. The van der Waals surface area contributed by atoms with Crippen molar-refractivity contribution in [1.29, 1.82) is 0 Å². The molecule has 246 valence electrons. The van der Waals surface area contributed by atoms with Gasteiger partial charge < -0.3 is 4.57 Å². The van der Waals surface area contributed by atoms with Crippen molar-refractivity contribution in [2.45, 2.75) is 19.3 Å². The molecule has 2 heterocycles. The first-order valence-electron chi connectivity index (χ1n) is 17.8. The highest BCUT2D eigenvalue weighted by atomic mass is 15.0. The Labute approximate surface area is 302 Å². The molecule has 9 aromatic rings. The van der Waals surface area contributed by atoms with Crippen LogP contribution < -0.4 is 0 Å². The van der Waals surface area contributed by atoms with Crippen LogP contribution in [0.1, 0.15) is 25.0 Å². The van der Waals surface area contributed by atoms with E-state index in [4.69, 9.17) is 15.0 Å². The average Bonchev–Trinajstić information content (AvgIpc) is 3.66. The lowest BCUT2D eigenvalue weighted by molar-refractivity contribution is 0.660. The van der Waals surface area contributed by atoms with Crippen LogP contribution in [0.25, 0.3) is 83.9 Å². The minimum Gasteiger partial charge on any atom is -0.309 e. The summed E-state index contributed by atoms with van der Waals surface area (Å²) in [6.45, 7) is 4.61. The first-order chi connectivity index (χ1) is 25.5. The molecule has 52 heavy (non-hydrogen) atoms. The summed E-state index contributed by atoms with van der Waals surface area (Å²) >= 11 is 0. The molecule has 2 aromatic heterocycles. The fourth-order valence-corrected chi connectivity index (χ4v) is 8.11. The Hall–Kier alpha value is -6.65. The topological polar surface area (TPSA) is 43.6 Å². The Morgan fingerprint density at radius 3 is 1.77 bits per heavy atom. The van der Waals surface area contributed by atoms with Crippen molar-refractivity contribution in [3.05, 3.63) is 181 Å². The summed E-state index contributed by atoms with van der Waals surface area (Å²) in [4.78, 5) is 15.7. The third-order valence-corrected chi connectivity index (χ3v) is 10.7. The Balaban J connectivity index is 1.19. The lowest BCUT2D eigenvalue weighted by atomic mass is 9.82. The van der Waals surface area contributed by atoms with Gasteiger partial charge in [-0.05, 0) is 69.8 Å². The lowest BCUT2D eigenvalue weighted by Gasteiger charge is -2.21. The molecule has 0 unspecified atom stereocenters. The van der Waals surface area contributed by atoms with Crippen LogP contribution in [0.5, 0.6) is 0 Å². The van der Waals surface area contributed by atoms with Gasteiger partial charge in [0.15, 0.2) is 17.5 Å². The Bertz CT molecular complexity index is 2800. The van der Waals surface area contributed by atoms with Gasteiger partial charge >= 0.3 is 0 Å². The van der Waals surface area contributed by atoms with Gasteiger partial charge in [-0.15, -0.1) is 0 Å². The monoisotopic (exact) mass is 666 g/mol. The summed E-state index contributed by atoms with van der Waals surface area (Å²) in [6, 6.07) is 60.0. The molecule has 1 aliphatic carbocycles. The normalized spacial score (nSPS) is 13.0. The number of benzene rings is 7. The minimum atomic E-state index is -0.133. The summed E-state index contributed by atoms with van der Waals surface area (Å²) < 4.78 is 2.33. The van der Waals surface area contributed by atoms with Gasteiger partial charge in [-0.2, -0.15) is 0 Å². The van der Waals surface area contributed by atoms with Crippen LogP contribution in [-0.2, 0) is 5.41 Å². The zero-order valence-corrected chi connectivity index (χ0v) is 29.0. The minimum absolute atomic E-state index is 0.133. The maximum Gasteiger partial charge on any atom is 0.164 e. The SMILES string of the molecule is CC1(C)c2ccccc2-c2c(-c3nc(-c4ccc(-c5ccccc5)cc4)nc(-c4ccc5c(c4)c4ccccc4n5-c4ccccc4)n3)cccc21. The summed E-state index contributed by atoms with van der Waals surface area (Å²) in [5.41, 5.74) is 13.6. The van der Waals surface area contributed by atoms with Crippen LogP contribution in [0, 0.1) is 0 Å². The molecule has 0 saturated heterocycles. The number of rotatable bonds is 5. The van der Waals surface area contributed by atoms with Crippen molar-refractivity contribution in [3.63, 3.8) is 0 Å². The smallest absolute Gasteiger partial charge is 0.164 e. The van der Waals surface area contributed by atoms with Crippen LogP contribution in [0.15, 0.2) is 170 Å². The second-order valence-electron chi connectivity index (χ2n) is 14.1. The molecule has 0 aliphatic heterocycles. The quantitative estimate of drug-likeness (QED) is 0.184. The molecule has 0 saturated carbocycles. The van der Waals surface area contributed by atoms with Gasteiger partial charge in [0.2, 0.25) is 0 Å². The van der Waals surface area contributed by atoms with Gasteiger partial charge in [-0.1, -0.05) is 147 Å². The number of fused-ring (bicyclic) bond motifs is 6. The number of para-hydroxylation sites is 2. The average molecular weight is 667 g/mol. The number of hydrogen-bond acceptors (Lipinski definition) is 3. The highest BCUT2D eigenvalue weighted by Crippen LogP contribution is 2.51. The molecule has 1 aliphatic rings. The van der Waals surface area contributed by atoms with Crippen LogP contribution >= 0.6 is 0 Å². The van der Waals surface area contributed by atoms with E-state index < -0.39 is 0 Å². The number of hydrogen-bond donors (Lipinski definition) is 0. The fourth-order valence-electron chi connectivity index (χ4n) is 8.11. The molecule has 0 atom stereocenters. The van der Waals surface area contributed by atoms with Crippen LogP contribution in [0.4, 0.5) is 0 Å². The zero-order valence-electron chi connectivity index (χ0n) is 29.0. The first-order valence-corrected chi connectivity index (χ1v) is 17.8. The molecule has 0 fully saturated rings. The van der Waals surface area contributed by atoms with Crippen LogP contribution in [0.2, 0.25) is 0 Å². The maximum absolute atomic E-state index is 5.29. The van der Waals surface area contributed by atoms with Crippen molar-refractivity contribution in [3.8, 4) is 62.1 Å². The van der Waals surface area contributed by atoms with Gasteiger partial charge in [0.05, 0.1) is 11.0 Å². The first kappa shape index (κ1) is 30.2. The number of aromatic nitrogens is 4. The van der Waals surface area contributed by atoms with E-state index in [2.05, 4.69) is 182 Å². The lowest BCUT2D eigenvalue weighted by Crippen LogP contribution is -2.14. The zero-order chi connectivity index (χ0) is 34.8. The molecule has 0 bridgehead atoms. The Morgan fingerprint density at radius 1 is 0.404 bits per heavy atom. The van der Waals surface area contributed by atoms with E-state index in [0.29, 0.717) is 17.5 Å². The van der Waals surface area contributed by atoms with E-state index in [-0.39, 0.29) is 5.41 Å². The molecule has 0 N–H and O–H groups in total. The van der Waals surface area contributed by atoms with Crippen molar-refractivity contribution in [1.82, 2.24) is 19.5 Å². The van der Waals surface area contributed by atoms with E-state index in [9.17, 15) is 0 Å². The van der Waals surface area contributed by atoms with E-state index in [0.717, 1.165) is 44.4 Å². The third-order valence-electron chi connectivity index (χ3n) is 10.7. The summed E-state index contributed by atoms with van der Waals surface area (Å²) in [5.74, 6) is 1.96. The Kier molecular flexibility index (Phi) is 6.80. The van der Waals surface area contributed by atoms with Crippen molar-refractivity contribution >= 4 is 21.8 Å². The van der Waals surface area contributed by atoms with Gasteiger partial charge in [-0.25, -0.2) is 15.0 Å². The second-order valence-corrected chi connectivity index (χ2v) is 14.1. The highest BCUT2D eigenvalue weighted by Gasteiger charge is 2.37. The second kappa shape index (κ2) is 11.7. The van der Waals surface area contributed by atoms with Crippen LogP contribution in [0.3, 0.4) is 0 Å². The molecule has 0 radical (unpaired) electrons. The van der Waals surface area contributed by atoms with E-state index >= 15 is 0 Å². The molecular weight excluding hydrogens is 633 g/mol. The predicted molar refractivity (Wildman–Crippen MR) is 213 cm³/mol. The Morgan fingerprint density at radius 2 is 0.962 bits per heavy atom. The predicted octanol–water partition coefficient (Wildman–Crippen LogP) is 11.9. The summed E-state index contributed by atoms with van der Waals surface area (Å²) in [6.07, 6.45) is 0. The molecule has 4 nitrogen and oxygen atoms in total. The van der Waals surface area contributed by atoms with Gasteiger partial charge in [0, 0.05) is 38.6 Å². The summed E-state index contributed by atoms with van der Waals surface area (Å²) in [5, 5.41) is 2.35. The van der Waals surface area contributed by atoms with E-state index in [1.54, 1.807) is 0 Å². The largest absolute Gasteiger partial charge is 0.309 e. The molecular formula is C48H34N4. The van der Waals surface area contributed by atoms with Gasteiger partial charge in [0.25, 0.3) is 0 Å². The van der Waals surface area contributed by atoms with Crippen molar-refractivity contribution in [2.24, 2.45) is 0 Å².